The number of para-hydroxylation sites is 1. The van der Waals surface area contributed by atoms with Gasteiger partial charge in [-0.15, -0.1) is 0 Å². The zero-order valence-corrected chi connectivity index (χ0v) is 14.1. The second-order valence-corrected chi connectivity index (χ2v) is 7.11. The highest BCUT2D eigenvalue weighted by atomic mass is 16.5. The van der Waals surface area contributed by atoms with Gasteiger partial charge in [-0.2, -0.15) is 0 Å². The summed E-state index contributed by atoms with van der Waals surface area (Å²) in [5, 5.41) is 3.67. The summed E-state index contributed by atoms with van der Waals surface area (Å²) in [6.07, 6.45) is 1.04. The Bertz CT molecular complexity index is 456. The molecule has 1 unspecified atom stereocenters. The molecule has 0 saturated carbocycles. The zero-order chi connectivity index (χ0) is 15.5. The molecule has 0 radical (unpaired) electrons. The fraction of sp³-hybridized carbons (Fsp3) is 0.667. The lowest BCUT2D eigenvalue weighted by molar-refractivity contribution is 0.0704. The summed E-state index contributed by atoms with van der Waals surface area (Å²) in [4.78, 5) is 2.65. The molecule has 1 saturated heterocycles. The van der Waals surface area contributed by atoms with E-state index in [1.807, 2.05) is 6.07 Å². The lowest BCUT2D eigenvalue weighted by Gasteiger charge is -2.46. The van der Waals surface area contributed by atoms with Gasteiger partial charge in [0, 0.05) is 31.2 Å². The Balaban J connectivity index is 2.04. The van der Waals surface area contributed by atoms with Crippen LogP contribution in [0.3, 0.4) is 0 Å². The van der Waals surface area contributed by atoms with Crippen molar-refractivity contribution in [2.24, 2.45) is 5.92 Å². The van der Waals surface area contributed by atoms with Gasteiger partial charge in [0.25, 0.3) is 0 Å². The van der Waals surface area contributed by atoms with Gasteiger partial charge in [-0.25, -0.2) is 0 Å². The number of hydrogen-bond donors (Lipinski definition) is 1. The third-order valence-electron chi connectivity index (χ3n) is 4.49. The average Bonchev–Trinajstić information content (AvgIpc) is 2.44. The SMILES string of the molecule is COc1ccccc1CCN1CC(C)(C)NCC1C(C)C. The molecular weight excluding hydrogens is 260 g/mol. The number of piperazine rings is 1. The van der Waals surface area contributed by atoms with Crippen molar-refractivity contribution in [1.82, 2.24) is 10.2 Å². The minimum atomic E-state index is 0.201. The maximum Gasteiger partial charge on any atom is 0.122 e. The van der Waals surface area contributed by atoms with E-state index in [9.17, 15) is 0 Å². The van der Waals surface area contributed by atoms with E-state index >= 15 is 0 Å². The topological polar surface area (TPSA) is 24.5 Å². The molecule has 118 valence electrons. The van der Waals surface area contributed by atoms with Crippen molar-refractivity contribution in [1.29, 1.82) is 0 Å². The maximum absolute atomic E-state index is 5.47. The Morgan fingerprint density at radius 1 is 1.33 bits per heavy atom. The third-order valence-corrected chi connectivity index (χ3v) is 4.49. The average molecular weight is 290 g/mol. The van der Waals surface area contributed by atoms with Crippen LogP contribution in [0.25, 0.3) is 0 Å². The fourth-order valence-electron chi connectivity index (χ4n) is 3.27. The zero-order valence-electron chi connectivity index (χ0n) is 14.1. The summed E-state index contributed by atoms with van der Waals surface area (Å²) in [6.45, 7) is 12.5. The van der Waals surface area contributed by atoms with Crippen LogP contribution in [0.2, 0.25) is 0 Å². The number of nitrogens with one attached hydrogen (secondary N) is 1. The van der Waals surface area contributed by atoms with Crippen LogP contribution in [0.4, 0.5) is 0 Å². The summed E-state index contributed by atoms with van der Waals surface area (Å²) in [6, 6.07) is 8.98. The van der Waals surface area contributed by atoms with Crippen LogP contribution < -0.4 is 10.1 Å². The molecule has 1 aliphatic heterocycles. The highest BCUT2D eigenvalue weighted by Gasteiger charge is 2.33. The standard InChI is InChI=1S/C18H30N2O/c1-14(2)16-12-19-18(3,4)13-20(16)11-10-15-8-6-7-9-17(15)21-5/h6-9,14,16,19H,10-13H2,1-5H3. The van der Waals surface area contributed by atoms with Crippen molar-refractivity contribution in [3.05, 3.63) is 29.8 Å². The Kier molecular flexibility index (Phi) is 5.28. The molecule has 1 fully saturated rings. The second-order valence-electron chi connectivity index (χ2n) is 7.11. The smallest absolute Gasteiger partial charge is 0.122 e. The van der Waals surface area contributed by atoms with Gasteiger partial charge in [0.1, 0.15) is 5.75 Å². The van der Waals surface area contributed by atoms with Gasteiger partial charge in [-0.05, 0) is 37.8 Å². The van der Waals surface area contributed by atoms with Crippen molar-refractivity contribution in [3.63, 3.8) is 0 Å². The van der Waals surface area contributed by atoms with Gasteiger partial charge < -0.3 is 10.1 Å². The first-order chi connectivity index (χ1) is 9.93. The molecule has 1 heterocycles. The first-order valence-corrected chi connectivity index (χ1v) is 8.04. The molecule has 2 rings (SSSR count). The summed E-state index contributed by atoms with van der Waals surface area (Å²) < 4.78 is 5.47. The lowest BCUT2D eigenvalue weighted by atomic mass is 9.92. The van der Waals surface area contributed by atoms with Crippen molar-refractivity contribution < 1.29 is 4.74 Å². The molecule has 0 aliphatic carbocycles. The van der Waals surface area contributed by atoms with Crippen molar-refractivity contribution in [2.45, 2.75) is 45.7 Å². The number of benzene rings is 1. The van der Waals surface area contributed by atoms with Crippen LogP contribution in [0.1, 0.15) is 33.3 Å². The van der Waals surface area contributed by atoms with E-state index in [1.54, 1.807) is 7.11 Å². The number of hydrogen-bond acceptors (Lipinski definition) is 3. The Morgan fingerprint density at radius 3 is 2.71 bits per heavy atom. The van der Waals surface area contributed by atoms with Crippen molar-refractivity contribution >= 4 is 0 Å². The van der Waals surface area contributed by atoms with Crippen LogP contribution in [0, 0.1) is 5.92 Å². The van der Waals surface area contributed by atoms with E-state index < -0.39 is 0 Å². The first kappa shape index (κ1) is 16.3. The largest absolute Gasteiger partial charge is 0.496 e. The Morgan fingerprint density at radius 2 is 2.05 bits per heavy atom. The maximum atomic E-state index is 5.47. The van der Waals surface area contributed by atoms with Gasteiger partial charge in [-0.3, -0.25) is 4.90 Å². The number of rotatable bonds is 5. The molecule has 3 nitrogen and oxygen atoms in total. The normalized spacial score (nSPS) is 22.5. The molecule has 0 bridgehead atoms. The number of nitrogens with zero attached hydrogens (tertiary/aromatic N) is 1. The quantitative estimate of drug-likeness (QED) is 0.902. The van der Waals surface area contributed by atoms with Gasteiger partial charge >= 0.3 is 0 Å². The van der Waals surface area contributed by atoms with Crippen LogP contribution in [0.5, 0.6) is 5.75 Å². The minimum absolute atomic E-state index is 0.201. The van der Waals surface area contributed by atoms with E-state index in [-0.39, 0.29) is 5.54 Å². The molecule has 1 N–H and O–H groups in total. The van der Waals surface area contributed by atoms with Gasteiger partial charge in [0.15, 0.2) is 0 Å². The minimum Gasteiger partial charge on any atom is -0.496 e. The molecule has 1 aromatic carbocycles. The van der Waals surface area contributed by atoms with E-state index in [0.29, 0.717) is 12.0 Å². The lowest BCUT2D eigenvalue weighted by Crippen LogP contribution is -2.63. The predicted octanol–water partition coefficient (Wildman–Crippen LogP) is 2.95. The first-order valence-electron chi connectivity index (χ1n) is 8.04. The Hall–Kier alpha value is -1.06. The molecule has 1 aromatic rings. The summed E-state index contributed by atoms with van der Waals surface area (Å²) in [5.74, 6) is 1.68. The van der Waals surface area contributed by atoms with Crippen molar-refractivity contribution in [3.8, 4) is 5.75 Å². The predicted molar refractivity (Wildman–Crippen MR) is 89.0 cm³/mol. The molecule has 0 spiro atoms. The van der Waals surface area contributed by atoms with Crippen LogP contribution in [0.15, 0.2) is 24.3 Å². The molecular formula is C18H30N2O. The van der Waals surface area contributed by atoms with Gasteiger partial charge in [-0.1, -0.05) is 32.0 Å². The number of ether oxygens (including phenoxy) is 1. The van der Waals surface area contributed by atoms with E-state index in [0.717, 1.165) is 31.8 Å². The molecule has 1 aliphatic rings. The summed E-state index contributed by atoms with van der Waals surface area (Å²) in [5.41, 5.74) is 1.51. The summed E-state index contributed by atoms with van der Waals surface area (Å²) >= 11 is 0. The van der Waals surface area contributed by atoms with Crippen LogP contribution in [-0.2, 0) is 6.42 Å². The monoisotopic (exact) mass is 290 g/mol. The molecule has 1 atom stereocenters. The van der Waals surface area contributed by atoms with Crippen LogP contribution >= 0.6 is 0 Å². The molecule has 0 aromatic heterocycles. The highest BCUT2D eigenvalue weighted by Crippen LogP contribution is 2.23. The van der Waals surface area contributed by atoms with Crippen LogP contribution in [-0.4, -0.2) is 43.2 Å². The fourth-order valence-corrected chi connectivity index (χ4v) is 3.27. The van der Waals surface area contributed by atoms with Gasteiger partial charge in [0.2, 0.25) is 0 Å². The second kappa shape index (κ2) is 6.80. The van der Waals surface area contributed by atoms with Crippen molar-refractivity contribution in [2.75, 3.05) is 26.7 Å². The van der Waals surface area contributed by atoms with E-state index in [2.05, 4.69) is 56.1 Å². The van der Waals surface area contributed by atoms with Gasteiger partial charge in [0.05, 0.1) is 7.11 Å². The third kappa shape index (κ3) is 4.21. The molecule has 0 amide bonds. The Labute approximate surface area is 129 Å². The van der Waals surface area contributed by atoms with E-state index in [1.165, 1.54) is 5.56 Å². The van der Waals surface area contributed by atoms with E-state index in [4.69, 9.17) is 4.74 Å². The molecule has 21 heavy (non-hydrogen) atoms. The summed E-state index contributed by atoms with van der Waals surface area (Å²) in [7, 11) is 1.75. The number of methoxy groups -OCH3 is 1. The molecule has 3 heteroatoms. The highest BCUT2D eigenvalue weighted by molar-refractivity contribution is 5.33.